The fourth-order valence-electron chi connectivity index (χ4n) is 3.05. The van der Waals surface area contributed by atoms with Crippen LogP contribution in [-0.2, 0) is 4.79 Å². The second kappa shape index (κ2) is 7.02. The summed E-state index contributed by atoms with van der Waals surface area (Å²) in [4.78, 5) is 11.0. The maximum Gasteiger partial charge on any atom is 0.335 e. The van der Waals surface area contributed by atoms with Crippen LogP contribution in [0.4, 0.5) is 0 Å². The number of hydrogen-bond acceptors (Lipinski definition) is 3. The lowest BCUT2D eigenvalue weighted by Crippen LogP contribution is -2.17. The zero-order valence-corrected chi connectivity index (χ0v) is 14.1. The zero-order valence-electron chi connectivity index (χ0n) is 12.6. The van der Waals surface area contributed by atoms with Crippen LogP contribution in [0.1, 0.15) is 37.7 Å². The van der Waals surface area contributed by atoms with Gasteiger partial charge < -0.3 is 14.6 Å². The van der Waals surface area contributed by atoms with E-state index in [2.05, 4.69) is 0 Å². The van der Waals surface area contributed by atoms with Gasteiger partial charge in [0, 0.05) is 5.56 Å². The van der Waals surface area contributed by atoms with Crippen LogP contribution in [0.5, 0.6) is 11.5 Å². The van der Waals surface area contributed by atoms with Gasteiger partial charge in [0.25, 0.3) is 0 Å². The van der Waals surface area contributed by atoms with Gasteiger partial charge in [-0.25, -0.2) is 4.79 Å². The quantitative estimate of drug-likeness (QED) is 0.840. The average molecular weight is 357 g/mol. The second-order valence-electron chi connectivity index (χ2n) is 6.00. The Morgan fingerprint density at radius 2 is 2.04 bits per heavy atom. The highest BCUT2D eigenvalue weighted by atomic mass is 35.5. The third-order valence-corrected chi connectivity index (χ3v) is 4.95. The van der Waals surface area contributed by atoms with Gasteiger partial charge in [-0.05, 0) is 30.9 Å². The van der Waals surface area contributed by atoms with Crippen molar-refractivity contribution >= 4 is 35.2 Å². The Kier molecular flexibility index (Phi) is 5.02. The van der Waals surface area contributed by atoms with Crippen LogP contribution < -0.4 is 9.47 Å². The van der Waals surface area contributed by atoms with E-state index in [9.17, 15) is 4.79 Å². The van der Waals surface area contributed by atoms with Crippen LogP contribution in [0.25, 0.3) is 6.08 Å². The van der Waals surface area contributed by atoms with E-state index in [-0.39, 0.29) is 12.2 Å². The van der Waals surface area contributed by atoms with Crippen molar-refractivity contribution in [2.45, 2.75) is 32.1 Å². The molecule has 0 spiro atoms. The molecular weight excluding hydrogens is 339 g/mol. The molecule has 0 aromatic heterocycles. The standard InChI is InChI=1S/C17H18Cl2O4/c18-13-7-11-6-12(17(20)21)9-23-15(11)14(19)16(13)22-8-10-4-2-1-3-5-10/h6-7,10H,1-5,8-9H2,(H,20,21). The number of carbonyl (C=O) groups is 1. The average Bonchev–Trinajstić information content (AvgIpc) is 2.55. The molecule has 0 unspecified atom stereocenters. The molecule has 1 aliphatic carbocycles. The Hall–Kier alpha value is -1.39. The van der Waals surface area contributed by atoms with E-state index in [0.29, 0.717) is 39.6 Å². The maximum absolute atomic E-state index is 11.0. The van der Waals surface area contributed by atoms with E-state index < -0.39 is 5.97 Å². The number of hydrogen-bond donors (Lipinski definition) is 1. The summed E-state index contributed by atoms with van der Waals surface area (Å²) >= 11 is 12.6. The Bertz CT molecular complexity index is 648. The number of aliphatic carboxylic acids is 1. The van der Waals surface area contributed by atoms with Crippen LogP contribution in [0.3, 0.4) is 0 Å². The summed E-state index contributed by atoms with van der Waals surface area (Å²) in [5, 5.41) is 9.73. The van der Waals surface area contributed by atoms with E-state index >= 15 is 0 Å². The molecule has 23 heavy (non-hydrogen) atoms. The van der Waals surface area contributed by atoms with Gasteiger partial charge in [-0.2, -0.15) is 0 Å². The highest BCUT2D eigenvalue weighted by molar-refractivity contribution is 6.38. The molecule has 4 nitrogen and oxygen atoms in total. The van der Waals surface area contributed by atoms with Gasteiger partial charge >= 0.3 is 5.97 Å². The van der Waals surface area contributed by atoms with Crippen LogP contribution in [0.15, 0.2) is 11.6 Å². The molecule has 0 amide bonds. The fraction of sp³-hybridized carbons (Fsp3) is 0.471. The first kappa shape index (κ1) is 16.5. The SMILES string of the molecule is O=C(O)C1=Cc2cc(Cl)c(OCC3CCCCC3)c(Cl)c2OC1. The van der Waals surface area contributed by atoms with Gasteiger partial charge in [-0.15, -0.1) is 0 Å². The zero-order chi connectivity index (χ0) is 16.4. The van der Waals surface area contributed by atoms with E-state index in [0.717, 1.165) is 0 Å². The number of rotatable bonds is 4. The molecule has 6 heteroatoms. The maximum atomic E-state index is 11.0. The van der Waals surface area contributed by atoms with Crippen molar-refractivity contribution in [3.8, 4) is 11.5 Å². The Morgan fingerprint density at radius 3 is 2.74 bits per heavy atom. The molecule has 2 aliphatic rings. The summed E-state index contributed by atoms with van der Waals surface area (Å²) in [5.41, 5.74) is 0.731. The van der Waals surface area contributed by atoms with E-state index in [1.807, 2.05) is 0 Å². The minimum atomic E-state index is -1.01. The Morgan fingerprint density at radius 1 is 1.30 bits per heavy atom. The van der Waals surface area contributed by atoms with Crippen LogP contribution >= 0.6 is 23.2 Å². The Labute approximate surface area is 145 Å². The van der Waals surface area contributed by atoms with Crippen LogP contribution in [0.2, 0.25) is 10.0 Å². The molecule has 1 fully saturated rings. The molecular formula is C17H18Cl2O4. The van der Waals surface area contributed by atoms with Gasteiger partial charge in [-0.1, -0.05) is 42.5 Å². The molecule has 1 aromatic carbocycles. The lowest BCUT2D eigenvalue weighted by atomic mass is 9.90. The van der Waals surface area contributed by atoms with Crippen molar-refractivity contribution in [2.24, 2.45) is 5.92 Å². The minimum Gasteiger partial charge on any atom is -0.490 e. The summed E-state index contributed by atoms with van der Waals surface area (Å²) in [6.07, 6.45) is 7.65. The molecule has 1 aliphatic heterocycles. The van der Waals surface area contributed by atoms with Gasteiger partial charge in [-0.3, -0.25) is 0 Å². The number of benzene rings is 1. The van der Waals surface area contributed by atoms with E-state index in [4.69, 9.17) is 37.8 Å². The fourth-order valence-corrected chi connectivity index (χ4v) is 3.68. The van der Waals surface area contributed by atoms with Crippen molar-refractivity contribution < 1.29 is 19.4 Å². The highest BCUT2D eigenvalue weighted by Crippen LogP contribution is 2.45. The monoisotopic (exact) mass is 356 g/mol. The number of ether oxygens (including phenoxy) is 2. The number of halogens is 2. The Balaban J connectivity index is 1.81. The first-order chi connectivity index (χ1) is 11.1. The highest BCUT2D eigenvalue weighted by Gasteiger charge is 2.24. The number of carboxylic acids is 1. The molecule has 1 N–H and O–H groups in total. The first-order valence-corrected chi connectivity index (χ1v) is 8.53. The van der Waals surface area contributed by atoms with Gasteiger partial charge in [0.15, 0.2) is 5.75 Å². The molecule has 1 aromatic rings. The first-order valence-electron chi connectivity index (χ1n) is 7.77. The smallest absolute Gasteiger partial charge is 0.335 e. The summed E-state index contributed by atoms with van der Waals surface area (Å²) < 4.78 is 11.4. The van der Waals surface area contributed by atoms with E-state index in [1.54, 1.807) is 6.07 Å². The molecule has 0 saturated heterocycles. The molecule has 0 radical (unpaired) electrons. The predicted molar refractivity (Wildman–Crippen MR) is 89.6 cm³/mol. The van der Waals surface area contributed by atoms with E-state index in [1.165, 1.54) is 38.2 Å². The van der Waals surface area contributed by atoms with Gasteiger partial charge in [0.1, 0.15) is 17.4 Å². The van der Waals surface area contributed by atoms with Crippen molar-refractivity contribution in [2.75, 3.05) is 13.2 Å². The van der Waals surface area contributed by atoms with Gasteiger partial charge in [0.05, 0.1) is 17.2 Å². The number of fused-ring (bicyclic) bond motifs is 1. The van der Waals surface area contributed by atoms with Crippen molar-refractivity contribution in [1.82, 2.24) is 0 Å². The third kappa shape index (κ3) is 3.59. The number of carboxylic acid groups (broad SMARTS) is 1. The second-order valence-corrected chi connectivity index (χ2v) is 6.78. The summed E-state index contributed by atoms with van der Waals surface area (Å²) in [6.45, 7) is 0.570. The lowest BCUT2D eigenvalue weighted by molar-refractivity contribution is -0.132. The molecule has 3 rings (SSSR count). The minimum absolute atomic E-state index is 0.0221. The molecule has 0 atom stereocenters. The summed E-state index contributed by atoms with van der Waals surface area (Å²) in [5.74, 6) is 0.372. The van der Waals surface area contributed by atoms with Crippen LogP contribution in [-0.4, -0.2) is 24.3 Å². The van der Waals surface area contributed by atoms with Crippen LogP contribution in [0, 0.1) is 5.92 Å². The molecule has 124 valence electrons. The van der Waals surface area contributed by atoms with Crippen molar-refractivity contribution in [3.05, 3.63) is 27.2 Å². The third-order valence-electron chi connectivity index (χ3n) is 4.32. The molecule has 1 heterocycles. The predicted octanol–water partition coefficient (Wildman–Crippen LogP) is 4.81. The molecule has 1 saturated carbocycles. The largest absolute Gasteiger partial charge is 0.490 e. The van der Waals surface area contributed by atoms with Crippen molar-refractivity contribution in [3.63, 3.8) is 0 Å². The molecule has 0 bridgehead atoms. The summed E-state index contributed by atoms with van der Waals surface area (Å²) in [6, 6.07) is 1.64. The topological polar surface area (TPSA) is 55.8 Å². The van der Waals surface area contributed by atoms with Gasteiger partial charge in [0.2, 0.25) is 0 Å². The lowest BCUT2D eigenvalue weighted by Gasteiger charge is -2.24. The van der Waals surface area contributed by atoms with Crippen molar-refractivity contribution in [1.29, 1.82) is 0 Å². The summed E-state index contributed by atoms with van der Waals surface area (Å²) in [7, 11) is 0. The normalized spacial score (nSPS) is 17.9.